The maximum atomic E-state index is 14.7. The third-order valence-corrected chi connectivity index (χ3v) is 14.6. The van der Waals surface area contributed by atoms with Crippen molar-refractivity contribution < 1.29 is 38.9 Å². The molecule has 1 aromatic carbocycles. The number of nitrogens with zero attached hydrogens (tertiary/aromatic N) is 2. The van der Waals surface area contributed by atoms with Crippen molar-refractivity contribution in [3.63, 3.8) is 0 Å². The summed E-state index contributed by atoms with van der Waals surface area (Å²) in [6, 6.07) is 5.17. The number of oxime groups is 1. The lowest BCUT2D eigenvalue weighted by atomic mass is 9.55. The Kier molecular flexibility index (Phi) is 27.9. The summed E-state index contributed by atoms with van der Waals surface area (Å²) in [5.74, 6) is -0.522. The summed E-state index contributed by atoms with van der Waals surface area (Å²) in [6.45, 7) is 14.6. The Bertz CT molecular complexity index is 1650. The zero-order chi connectivity index (χ0) is 48.8. The zero-order valence-electron chi connectivity index (χ0n) is 43.3. The lowest BCUT2D eigenvalue weighted by molar-refractivity contribution is -0.257. The molecule has 4 rings (SSSR count). The molecule has 1 saturated carbocycles. The molecule has 0 unspecified atom stereocenters. The van der Waals surface area contributed by atoms with Crippen molar-refractivity contribution in [2.75, 3.05) is 39.5 Å². The van der Waals surface area contributed by atoms with Crippen molar-refractivity contribution >= 4 is 17.7 Å². The number of nitrogens with one attached hydrogen (secondary N) is 1. The van der Waals surface area contributed by atoms with E-state index in [1.165, 1.54) is 89.9 Å². The molecule has 6 atom stereocenters. The lowest BCUT2D eigenvalue weighted by Crippen LogP contribution is -2.70. The van der Waals surface area contributed by atoms with Crippen LogP contribution in [0.15, 0.2) is 47.7 Å². The van der Waals surface area contributed by atoms with E-state index in [0.29, 0.717) is 56.9 Å². The Morgan fingerprint density at radius 2 is 1.43 bits per heavy atom. The second kappa shape index (κ2) is 33.2. The molecule has 0 spiro atoms. The number of unbranched alkanes of at least 4 members (excludes halogenated alkanes) is 19. The maximum Gasteiger partial charge on any atom is 0.412 e. The molecule has 0 bridgehead atoms. The van der Waals surface area contributed by atoms with Gasteiger partial charge in [-0.05, 0) is 87.5 Å². The van der Waals surface area contributed by atoms with Gasteiger partial charge in [-0.2, -0.15) is 0 Å². The van der Waals surface area contributed by atoms with Crippen LogP contribution in [0.1, 0.15) is 219 Å². The number of amides is 2. The third-order valence-electron chi connectivity index (χ3n) is 14.6. The van der Waals surface area contributed by atoms with Crippen molar-refractivity contribution in [1.82, 2.24) is 10.2 Å². The molecule has 2 aliphatic carbocycles. The van der Waals surface area contributed by atoms with Gasteiger partial charge in [-0.1, -0.05) is 160 Å². The molecular weight excluding hydrogens is 855 g/mol. The number of fused-ring (bicyclic) bond motifs is 2. The fourth-order valence-electron chi connectivity index (χ4n) is 11.2. The first-order valence-electron chi connectivity index (χ1n) is 27.8. The van der Waals surface area contributed by atoms with Gasteiger partial charge in [0.2, 0.25) is 11.7 Å². The van der Waals surface area contributed by atoms with Crippen LogP contribution in [0.25, 0.3) is 0 Å². The summed E-state index contributed by atoms with van der Waals surface area (Å²) in [7, 11) is 0. The molecule has 1 heterocycles. The molecule has 1 fully saturated rings. The second-order valence-electron chi connectivity index (χ2n) is 19.9. The standard InChI is InChI=1S/C57H95N3O8/c1-6-11-13-15-17-19-21-23-25-29-37-58-56(64)67-46-35-36-51-49(43-46)54-47(33-28-31-40-62)45(32-27-30-39-61)42-48-50(59-66-10-5)44-52(57(68-51,55(48)54)65-41-9-4)60(38-8-3)53(63)34-26-24-22-20-18-16-14-12-7-2/h9,35-36,42-43,45,47,52,54-55,61-62H,4,6-8,10-34,37-41,44H2,1-3,5H3,(H,58,64)/t45-,47+,52-,54+,55+,57+/m0/s1. The number of aliphatic hydroxyl groups is 2. The quantitative estimate of drug-likeness (QED) is 0.0338. The number of benzene rings is 1. The number of carbonyl (C=O) groups excluding carboxylic acids is 2. The number of ether oxygens (including phenoxy) is 3. The highest BCUT2D eigenvalue weighted by Gasteiger charge is 2.65. The van der Waals surface area contributed by atoms with Gasteiger partial charge < -0.3 is 39.5 Å². The average Bonchev–Trinajstić information content (AvgIpc) is 3.34. The molecule has 3 N–H and O–H groups in total. The first-order chi connectivity index (χ1) is 33.3. The Balaban J connectivity index is 1.70. The molecule has 0 radical (unpaired) electrons. The molecule has 2 amide bonds. The summed E-state index contributed by atoms with van der Waals surface area (Å²) < 4.78 is 20.5. The van der Waals surface area contributed by atoms with Crippen molar-refractivity contribution in [2.45, 2.75) is 225 Å². The van der Waals surface area contributed by atoms with Gasteiger partial charge in [0, 0.05) is 50.6 Å². The highest BCUT2D eigenvalue weighted by molar-refractivity contribution is 6.03. The smallest absolute Gasteiger partial charge is 0.412 e. The largest absolute Gasteiger partial charge is 0.459 e. The van der Waals surface area contributed by atoms with Gasteiger partial charge in [0.05, 0.1) is 18.2 Å². The van der Waals surface area contributed by atoms with E-state index >= 15 is 0 Å². The summed E-state index contributed by atoms with van der Waals surface area (Å²) >= 11 is 0. The van der Waals surface area contributed by atoms with E-state index in [2.05, 4.69) is 38.7 Å². The van der Waals surface area contributed by atoms with Gasteiger partial charge >= 0.3 is 6.09 Å². The van der Waals surface area contributed by atoms with E-state index in [1.807, 2.05) is 24.0 Å². The summed E-state index contributed by atoms with van der Waals surface area (Å²) in [5, 5.41) is 27.7. The third kappa shape index (κ3) is 17.5. The number of hydrogen-bond acceptors (Lipinski definition) is 9. The van der Waals surface area contributed by atoms with Gasteiger partial charge in [-0.25, -0.2) is 4.79 Å². The number of aliphatic hydroxyl groups excluding tert-OH is 2. The van der Waals surface area contributed by atoms with Crippen LogP contribution >= 0.6 is 0 Å². The summed E-state index contributed by atoms with van der Waals surface area (Å²) in [6.07, 6.45) is 32.8. The van der Waals surface area contributed by atoms with E-state index in [9.17, 15) is 19.8 Å². The van der Waals surface area contributed by atoms with Gasteiger partial charge in [0.25, 0.3) is 0 Å². The minimum Gasteiger partial charge on any atom is -0.459 e. The lowest BCUT2D eigenvalue weighted by Gasteiger charge is -2.60. The predicted molar refractivity (Wildman–Crippen MR) is 276 cm³/mol. The van der Waals surface area contributed by atoms with Crippen LogP contribution in [0.3, 0.4) is 0 Å². The molecule has 1 aromatic rings. The Labute approximate surface area is 412 Å². The first kappa shape index (κ1) is 57.2. The van der Waals surface area contributed by atoms with Crippen LogP contribution in [0, 0.1) is 17.8 Å². The van der Waals surface area contributed by atoms with E-state index < -0.39 is 23.8 Å². The van der Waals surface area contributed by atoms with Gasteiger partial charge in [0.1, 0.15) is 24.1 Å². The van der Waals surface area contributed by atoms with Gasteiger partial charge in [0.15, 0.2) is 0 Å². The fourth-order valence-corrected chi connectivity index (χ4v) is 11.2. The van der Waals surface area contributed by atoms with Crippen LogP contribution in [0.2, 0.25) is 0 Å². The normalized spacial score (nSPS) is 22.2. The van der Waals surface area contributed by atoms with Crippen LogP contribution < -0.4 is 14.8 Å². The molecular formula is C57H95N3O8. The molecule has 0 aromatic heterocycles. The number of carbonyl (C=O) groups is 2. The zero-order valence-corrected chi connectivity index (χ0v) is 43.3. The molecule has 3 aliphatic rings. The number of hydrogen-bond donors (Lipinski definition) is 3. The predicted octanol–water partition coefficient (Wildman–Crippen LogP) is 13.5. The molecule has 0 saturated heterocycles. The van der Waals surface area contributed by atoms with Gasteiger partial charge in [-0.15, -0.1) is 6.58 Å². The van der Waals surface area contributed by atoms with E-state index in [0.717, 1.165) is 81.1 Å². The van der Waals surface area contributed by atoms with Crippen molar-refractivity contribution in [2.24, 2.45) is 22.9 Å². The van der Waals surface area contributed by atoms with Crippen LogP contribution in [-0.4, -0.2) is 84.2 Å². The van der Waals surface area contributed by atoms with Crippen LogP contribution in [0.5, 0.6) is 11.5 Å². The maximum absolute atomic E-state index is 14.7. The molecule has 386 valence electrons. The topological polar surface area (TPSA) is 139 Å². The highest BCUT2D eigenvalue weighted by atomic mass is 16.7. The van der Waals surface area contributed by atoms with E-state index in [4.69, 9.17) is 24.2 Å². The van der Waals surface area contributed by atoms with Gasteiger partial charge in [-0.3, -0.25) is 4.79 Å². The Morgan fingerprint density at radius 1 is 0.809 bits per heavy atom. The Hall–Kier alpha value is -3.41. The molecule has 11 heteroatoms. The highest BCUT2D eigenvalue weighted by Crippen LogP contribution is 2.62. The minimum atomic E-state index is -1.30. The molecule has 68 heavy (non-hydrogen) atoms. The first-order valence-corrected chi connectivity index (χ1v) is 27.8. The minimum absolute atomic E-state index is 0.0770. The summed E-state index contributed by atoms with van der Waals surface area (Å²) in [4.78, 5) is 36.0. The number of rotatable bonds is 38. The van der Waals surface area contributed by atoms with E-state index in [1.54, 1.807) is 12.1 Å². The monoisotopic (exact) mass is 950 g/mol. The van der Waals surface area contributed by atoms with Crippen LogP contribution in [-0.2, 0) is 14.4 Å². The van der Waals surface area contributed by atoms with Crippen LogP contribution in [0.4, 0.5) is 4.79 Å². The Morgan fingerprint density at radius 3 is 2.03 bits per heavy atom. The second-order valence-corrected chi connectivity index (χ2v) is 19.9. The molecule has 1 aliphatic heterocycles. The summed E-state index contributed by atoms with van der Waals surface area (Å²) in [5.41, 5.74) is 2.73. The molecule has 11 nitrogen and oxygen atoms in total. The fraction of sp³-hybridized carbons (Fsp3) is 0.772. The SMILES string of the molecule is C=CCO[C@@]12Oc3ccc(OC(=O)NCCCCCCCCCCCC)cc3[C@H]3[C@H](CCCCO)[C@@H](CCCCO)C=C(C(=NOCC)C[C@@H]1N(CCC)C(=O)CCCCCCCCCCC)[C@H]32. The van der Waals surface area contributed by atoms with E-state index in [-0.39, 0.29) is 43.5 Å². The van der Waals surface area contributed by atoms with Crippen molar-refractivity contribution in [3.8, 4) is 11.5 Å². The average molecular weight is 950 g/mol. The van der Waals surface area contributed by atoms with Crippen molar-refractivity contribution in [1.29, 1.82) is 0 Å². The number of allylic oxidation sites excluding steroid dienone is 1. The van der Waals surface area contributed by atoms with Crippen molar-refractivity contribution in [3.05, 3.63) is 48.1 Å².